The van der Waals surface area contributed by atoms with Crippen LogP contribution in [-0.2, 0) is 14.8 Å². The van der Waals surface area contributed by atoms with Crippen molar-refractivity contribution >= 4 is 27.3 Å². The quantitative estimate of drug-likeness (QED) is 0.708. The molecule has 2 aliphatic heterocycles. The van der Waals surface area contributed by atoms with E-state index in [4.69, 9.17) is 9.47 Å². The molecule has 3 heterocycles. The first kappa shape index (κ1) is 22.1. The Kier molecular flexibility index (Phi) is 6.55. The van der Waals surface area contributed by atoms with E-state index in [0.717, 1.165) is 5.56 Å². The smallest absolute Gasteiger partial charge is 0.252 e. The number of benzene rings is 1. The highest BCUT2D eigenvalue weighted by molar-refractivity contribution is 7.91. The van der Waals surface area contributed by atoms with Crippen LogP contribution in [0.25, 0.3) is 0 Å². The monoisotopic (exact) mass is 464 g/mol. The zero-order valence-electron chi connectivity index (χ0n) is 17.7. The highest BCUT2D eigenvalue weighted by Gasteiger charge is 2.35. The lowest BCUT2D eigenvalue weighted by atomic mass is 9.93. The third-order valence-electron chi connectivity index (χ3n) is 5.73. The molecule has 2 atom stereocenters. The van der Waals surface area contributed by atoms with Crippen LogP contribution in [0.2, 0.25) is 0 Å². The highest BCUT2D eigenvalue weighted by atomic mass is 32.2. The molecule has 1 aromatic heterocycles. The van der Waals surface area contributed by atoms with Crippen molar-refractivity contribution in [3.63, 3.8) is 0 Å². The van der Waals surface area contributed by atoms with Gasteiger partial charge in [0, 0.05) is 13.1 Å². The van der Waals surface area contributed by atoms with Gasteiger partial charge in [0.25, 0.3) is 10.0 Å². The predicted octanol–water partition coefficient (Wildman–Crippen LogP) is 3.43. The Morgan fingerprint density at radius 2 is 1.97 bits per heavy atom. The average molecular weight is 465 g/mol. The summed E-state index contributed by atoms with van der Waals surface area (Å²) in [7, 11) is -3.55. The molecule has 1 fully saturated rings. The van der Waals surface area contributed by atoms with E-state index in [2.05, 4.69) is 19.2 Å². The summed E-state index contributed by atoms with van der Waals surface area (Å²) < 4.78 is 38.8. The first-order chi connectivity index (χ1) is 14.9. The van der Waals surface area contributed by atoms with Crippen LogP contribution in [0.15, 0.2) is 39.9 Å². The first-order valence-electron chi connectivity index (χ1n) is 10.6. The predicted molar refractivity (Wildman–Crippen MR) is 119 cm³/mol. The SMILES string of the molecule is CC(C)C(NC(=O)C1CCCN(S(=O)(=O)c2cccs2)C1)c1ccc2c(c1)OCCO2. The molecule has 1 aromatic carbocycles. The van der Waals surface area contributed by atoms with Gasteiger partial charge < -0.3 is 14.8 Å². The number of carbonyl (C=O) groups is 1. The minimum atomic E-state index is -3.55. The van der Waals surface area contributed by atoms with Gasteiger partial charge in [0.05, 0.1) is 12.0 Å². The van der Waals surface area contributed by atoms with Crippen molar-refractivity contribution in [2.24, 2.45) is 11.8 Å². The van der Waals surface area contributed by atoms with Gasteiger partial charge in [-0.3, -0.25) is 4.79 Å². The van der Waals surface area contributed by atoms with Gasteiger partial charge in [0.15, 0.2) is 11.5 Å². The maximum absolute atomic E-state index is 13.1. The normalized spacial score (nSPS) is 20.4. The van der Waals surface area contributed by atoms with E-state index in [-0.39, 0.29) is 30.3 Å². The molecule has 7 nitrogen and oxygen atoms in total. The van der Waals surface area contributed by atoms with Gasteiger partial charge in [0.2, 0.25) is 5.91 Å². The van der Waals surface area contributed by atoms with E-state index in [1.165, 1.54) is 15.6 Å². The molecule has 31 heavy (non-hydrogen) atoms. The molecule has 1 amide bonds. The number of hydrogen-bond donors (Lipinski definition) is 1. The Balaban J connectivity index is 1.48. The lowest BCUT2D eigenvalue weighted by molar-refractivity contribution is -0.127. The lowest BCUT2D eigenvalue weighted by Crippen LogP contribution is -2.46. The molecule has 2 aromatic rings. The highest BCUT2D eigenvalue weighted by Crippen LogP contribution is 2.35. The fraction of sp³-hybridized carbons (Fsp3) is 0.500. The first-order valence-corrected chi connectivity index (χ1v) is 12.9. The van der Waals surface area contributed by atoms with Crippen molar-refractivity contribution < 1.29 is 22.7 Å². The summed E-state index contributed by atoms with van der Waals surface area (Å²) in [6.45, 7) is 5.79. The standard InChI is InChI=1S/C22H28N2O5S2/c1-15(2)21(16-7-8-18-19(13-16)29-11-10-28-18)23-22(25)17-5-3-9-24(14-17)31(26,27)20-6-4-12-30-20/h4,6-8,12-13,15,17,21H,3,5,9-11,14H2,1-2H3,(H,23,25). The Morgan fingerprint density at radius 3 is 2.68 bits per heavy atom. The molecule has 1 saturated heterocycles. The number of nitrogens with zero attached hydrogens (tertiary/aromatic N) is 1. The second-order valence-electron chi connectivity index (χ2n) is 8.27. The number of carbonyl (C=O) groups excluding carboxylic acids is 1. The molecule has 0 bridgehead atoms. The number of piperidine rings is 1. The molecule has 168 valence electrons. The third kappa shape index (κ3) is 4.73. The number of nitrogens with one attached hydrogen (secondary N) is 1. The zero-order valence-corrected chi connectivity index (χ0v) is 19.4. The maximum Gasteiger partial charge on any atom is 0.252 e. The molecule has 9 heteroatoms. The van der Waals surface area contributed by atoms with Gasteiger partial charge in [-0.05, 0) is 47.9 Å². The van der Waals surface area contributed by atoms with Crippen molar-refractivity contribution in [3.8, 4) is 11.5 Å². The van der Waals surface area contributed by atoms with Crippen LogP contribution in [0.5, 0.6) is 11.5 Å². The summed E-state index contributed by atoms with van der Waals surface area (Å²) in [5.74, 6) is 1.07. The molecule has 0 aliphatic carbocycles. The summed E-state index contributed by atoms with van der Waals surface area (Å²) in [4.78, 5) is 13.1. The molecule has 2 unspecified atom stereocenters. The number of thiophene rings is 1. The Labute approximate surface area is 187 Å². The van der Waals surface area contributed by atoms with Crippen LogP contribution in [0, 0.1) is 11.8 Å². The molecule has 2 aliphatic rings. The summed E-state index contributed by atoms with van der Waals surface area (Å²) in [5.41, 5.74) is 0.950. The molecule has 0 radical (unpaired) electrons. The largest absolute Gasteiger partial charge is 0.486 e. The van der Waals surface area contributed by atoms with Crippen LogP contribution in [0.4, 0.5) is 0 Å². The summed E-state index contributed by atoms with van der Waals surface area (Å²) >= 11 is 1.20. The van der Waals surface area contributed by atoms with Gasteiger partial charge in [-0.25, -0.2) is 8.42 Å². The Hall–Kier alpha value is -2.10. The number of sulfonamides is 1. The van der Waals surface area contributed by atoms with Crippen molar-refractivity contribution in [1.29, 1.82) is 0 Å². The van der Waals surface area contributed by atoms with Crippen molar-refractivity contribution in [2.45, 2.75) is 36.9 Å². The molecular weight excluding hydrogens is 436 g/mol. The van der Waals surface area contributed by atoms with E-state index in [1.807, 2.05) is 18.2 Å². The molecule has 1 N–H and O–H groups in total. The van der Waals surface area contributed by atoms with E-state index in [0.29, 0.717) is 48.3 Å². The van der Waals surface area contributed by atoms with Gasteiger partial charge in [-0.2, -0.15) is 4.31 Å². The summed E-state index contributed by atoms with van der Waals surface area (Å²) in [5, 5.41) is 4.91. The molecule has 0 spiro atoms. The second-order valence-corrected chi connectivity index (χ2v) is 11.4. The third-order valence-corrected chi connectivity index (χ3v) is 8.97. The lowest BCUT2D eigenvalue weighted by Gasteiger charge is -2.33. The number of amides is 1. The number of hydrogen-bond acceptors (Lipinski definition) is 6. The van der Waals surface area contributed by atoms with Crippen LogP contribution in [0.3, 0.4) is 0 Å². The van der Waals surface area contributed by atoms with Crippen LogP contribution < -0.4 is 14.8 Å². The average Bonchev–Trinajstić information content (AvgIpc) is 3.33. The second kappa shape index (κ2) is 9.18. The summed E-state index contributed by atoms with van der Waals surface area (Å²) in [6, 6.07) is 8.89. The number of ether oxygens (including phenoxy) is 2. The summed E-state index contributed by atoms with van der Waals surface area (Å²) in [6.07, 6.45) is 1.34. The van der Waals surface area contributed by atoms with Gasteiger partial charge in [-0.1, -0.05) is 26.0 Å². The maximum atomic E-state index is 13.1. The van der Waals surface area contributed by atoms with Gasteiger partial charge in [-0.15, -0.1) is 11.3 Å². The fourth-order valence-corrected chi connectivity index (χ4v) is 6.74. The van der Waals surface area contributed by atoms with Crippen LogP contribution in [-0.4, -0.2) is 44.9 Å². The van der Waals surface area contributed by atoms with E-state index < -0.39 is 10.0 Å². The van der Waals surface area contributed by atoms with Crippen molar-refractivity contribution in [3.05, 3.63) is 41.3 Å². The number of fused-ring (bicyclic) bond motifs is 1. The van der Waals surface area contributed by atoms with Crippen LogP contribution in [0.1, 0.15) is 38.3 Å². The van der Waals surface area contributed by atoms with Gasteiger partial charge in [0.1, 0.15) is 17.4 Å². The molecule has 4 rings (SSSR count). The van der Waals surface area contributed by atoms with Crippen molar-refractivity contribution in [2.75, 3.05) is 26.3 Å². The van der Waals surface area contributed by atoms with Crippen molar-refractivity contribution in [1.82, 2.24) is 9.62 Å². The van der Waals surface area contributed by atoms with Gasteiger partial charge >= 0.3 is 0 Å². The van der Waals surface area contributed by atoms with E-state index in [9.17, 15) is 13.2 Å². The molecule has 0 saturated carbocycles. The Morgan fingerprint density at radius 1 is 1.19 bits per heavy atom. The topological polar surface area (TPSA) is 84.9 Å². The van der Waals surface area contributed by atoms with E-state index in [1.54, 1.807) is 17.5 Å². The Bertz CT molecular complexity index is 1020. The number of rotatable bonds is 6. The zero-order chi connectivity index (χ0) is 22.0. The van der Waals surface area contributed by atoms with Crippen LogP contribution >= 0.6 is 11.3 Å². The molecular formula is C22H28N2O5S2. The minimum Gasteiger partial charge on any atom is -0.486 e. The fourth-order valence-electron chi connectivity index (χ4n) is 4.07. The minimum absolute atomic E-state index is 0.111. The van der Waals surface area contributed by atoms with E-state index >= 15 is 0 Å².